The van der Waals surface area contributed by atoms with Crippen molar-refractivity contribution in [3.63, 3.8) is 0 Å². The lowest BCUT2D eigenvalue weighted by molar-refractivity contribution is 0.0957. The van der Waals surface area contributed by atoms with Gasteiger partial charge in [-0.1, -0.05) is 48.6 Å². The number of piperazine rings is 1. The number of ether oxygens (including phenoxy) is 2. The standard InChI is InChI=1S/C28H28N4O3/c33-25-15-21(7-6-20-4-2-1-3-5-20)14-24-23(25)17-29-28(30-24)32-12-10-31(11-13-32)18-22-8-9-26-27(16-22)35-19-34-26/h1-9,16-17,21H,10-15,18-19H2/b7-6+. The van der Waals surface area contributed by atoms with Crippen molar-refractivity contribution in [1.29, 1.82) is 0 Å². The number of carbonyl (C=O) groups is 1. The predicted molar refractivity (Wildman–Crippen MR) is 134 cm³/mol. The molecule has 7 heteroatoms. The lowest BCUT2D eigenvalue weighted by Gasteiger charge is -2.35. The summed E-state index contributed by atoms with van der Waals surface area (Å²) in [7, 11) is 0. The second-order valence-corrected chi connectivity index (χ2v) is 9.34. The van der Waals surface area contributed by atoms with Gasteiger partial charge in [0.1, 0.15) is 0 Å². The average Bonchev–Trinajstić information content (AvgIpc) is 3.36. The summed E-state index contributed by atoms with van der Waals surface area (Å²) in [5.41, 5.74) is 3.92. The number of ketones is 1. The number of allylic oxidation sites excluding steroid dienone is 1. The molecule has 3 aromatic rings. The molecule has 0 radical (unpaired) electrons. The van der Waals surface area contributed by atoms with Crippen LogP contribution in [0.1, 0.15) is 33.6 Å². The molecule has 1 atom stereocenters. The van der Waals surface area contributed by atoms with Crippen LogP contribution in [0.3, 0.4) is 0 Å². The molecule has 1 aliphatic carbocycles. The molecule has 178 valence electrons. The van der Waals surface area contributed by atoms with E-state index in [1.807, 2.05) is 24.3 Å². The summed E-state index contributed by atoms with van der Waals surface area (Å²) >= 11 is 0. The van der Waals surface area contributed by atoms with Crippen LogP contribution in [-0.2, 0) is 13.0 Å². The molecule has 7 nitrogen and oxygen atoms in total. The van der Waals surface area contributed by atoms with E-state index >= 15 is 0 Å². The van der Waals surface area contributed by atoms with Gasteiger partial charge in [0, 0.05) is 45.3 Å². The molecule has 1 fully saturated rings. The molecule has 3 heterocycles. The Bertz CT molecular complexity index is 1250. The monoisotopic (exact) mass is 468 g/mol. The van der Waals surface area contributed by atoms with Crippen LogP contribution in [-0.4, -0.2) is 53.6 Å². The number of benzene rings is 2. The molecule has 35 heavy (non-hydrogen) atoms. The van der Waals surface area contributed by atoms with Crippen molar-refractivity contribution in [3.8, 4) is 11.5 Å². The fourth-order valence-electron chi connectivity index (χ4n) is 4.97. The van der Waals surface area contributed by atoms with Crippen molar-refractivity contribution in [3.05, 3.63) is 83.2 Å². The quantitative estimate of drug-likeness (QED) is 0.561. The summed E-state index contributed by atoms with van der Waals surface area (Å²) in [6.45, 7) is 4.74. The maximum Gasteiger partial charge on any atom is 0.231 e. The van der Waals surface area contributed by atoms with Gasteiger partial charge in [0.05, 0.1) is 11.3 Å². The summed E-state index contributed by atoms with van der Waals surface area (Å²) in [5, 5.41) is 0. The highest BCUT2D eigenvalue weighted by Gasteiger charge is 2.27. The van der Waals surface area contributed by atoms with Gasteiger partial charge in [-0.15, -0.1) is 0 Å². The Morgan fingerprint density at radius 2 is 1.80 bits per heavy atom. The molecule has 2 aliphatic heterocycles. The number of fused-ring (bicyclic) bond motifs is 2. The smallest absolute Gasteiger partial charge is 0.231 e. The minimum Gasteiger partial charge on any atom is -0.454 e. The summed E-state index contributed by atoms with van der Waals surface area (Å²) in [4.78, 5) is 26.8. The lowest BCUT2D eigenvalue weighted by Crippen LogP contribution is -2.46. The number of aromatic nitrogens is 2. The summed E-state index contributed by atoms with van der Waals surface area (Å²) in [6, 6.07) is 16.4. The zero-order chi connectivity index (χ0) is 23.6. The Kier molecular flexibility index (Phi) is 5.92. The molecule has 6 rings (SSSR count). The minimum atomic E-state index is 0.133. The van der Waals surface area contributed by atoms with Gasteiger partial charge < -0.3 is 14.4 Å². The normalized spacial score (nSPS) is 19.8. The van der Waals surface area contributed by atoms with Crippen LogP contribution in [0, 0.1) is 5.92 Å². The SMILES string of the molecule is O=C1CC(/C=C/c2ccccc2)Cc2nc(N3CCN(Cc4ccc5c(c4)OCO5)CC3)ncc21. The van der Waals surface area contributed by atoms with E-state index in [9.17, 15) is 4.79 Å². The Labute approximate surface area is 205 Å². The molecule has 1 saturated heterocycles. The fraction of sp³-hybridized carbons (Fsp3) is 0.321. The van der Waals surface area contributed by atoms with Crippen LogP contribution in [0.4, 0.5) is 5.95 Å². The summed E-state index contributed by atoms with van der Waals surface area (Å²) in [6.07, 6.45) is 7.26. The lowest BCUT2D eigenvalue weighted by atomic mass is 9.86. The second kappa shape index (κ2) is 9.50. The summed E-state index contributed by atoms with van der Waals surface area (Å²) < 4.78 is 10.9. The zero-order valence-corrected chi connectivity index (χ0v) is 19.6. The molecular formula is C28H28N4O3. The molecule has 0 bridgehead atoms. The van der Waals surface area contributed by atoms with Crippen LogP contribution in [0.2, 0.25) is 0 Å². The molecule has 0 saturated carbocycles. The Balaban J connectivity index is 1.09. The summed E-state index contributed by atoms with van der Waals surface area (Å²) in [5.74, 6) is 2.67. The van der Waals surface area contributed by atoms with Crippen LogP contribution in [0.5, 0.6) is 11.5 Å². The van der Waals surface area contributed by atoms with E-state index in [1.54, 1.807) is 6.20 Å². The van der Waals surface area contributed by atoms with Crippen molar-refractivity contribution < 1.29 is 14.3 Å². The molecule has 0 amide bonds. The highest BCUT2D eigenvalue weighted by Crippen LogP contribution is 2.33. The maximum atomic E-state index is 12.7. The van der Waals surface area contributed by atoms with E-state index in [1.165, 1.54) is 5.56 Å². The van der Waals surface area contributed by atoms with Crippen molar-refractivity contribution in [2.45, 2.75) is 19.4 Å². The van der Waals surface area contributed by atoms with Crippen LogP contribution >= 0.6 is 0 Å². The van der Waals surface area contributed by atoms with E-state index in [0.29, 0.717) is 18.8 Å². The van der Waals surface area contributed by atoms with Gasteiger partial charge in [0.15, 0.2) is 17.3 Å². The highest BCUT2D eigenvalue weighted by atomic mass is 16.7. The van der Waals surface area contributed by atoms with E-state index in [-0.39, 0.29) is 11.7 Å². The number of nitrogens with zero attached hydrogens (tertiary/aromatic N) is 4. The molecule has 3 aliphatic rings. The van der Waals surface area contributed by atoms with E-state index in [0.717, 1.165) is 67.8 Å². The van der Waals surface area contributed by atoms with Gasteiger partial charge in [-0.3, -0.25) is 9.69 Å². The van der Waals surface area contributed by atoms with Crippen molar-refractivity contribution in [1.82, 2.24) is 14.9 Å². The van der Waals surface area contributed by atoms with Crippen LogP contribution in [0.15, 0.2) is 60.8 Å². The second-order valence-electron chi connectivity index (χ2n) is 9.34. The first-order chi connectivity index (χ1) is 17.2. The molecule has 1 unspecified atom stereocenters. The van der Waals surface area contributed by atoms with Gasteiger partial charge in [0.2, 0.25) is 12.7 Å². The number of Topliss-reactive ketones (excluding diaryl/α,β-unsaturated/α-hetero) is 1. The number of rotatable bonds is 5. The largest absolute Gasteiger partial charge is 0.454 e. The van der Waals surface area contributed by atoms with Gasteiger partial charge in [-0.2, -0.15) is 0 Å². The fourth-order valence-corrected chi connectivity index (χ4v) is 4.97. The maximum absolute atomic E-state index is 12.7. The highest BCUT2D eigenvalue weighted by molar-refractivity contribution is 5.98. The van der Waals surface area contributed by atoms with Gasteiger partial charge in [-0.25, -0.2) is 9.97 Å². The number of anilines is 1. The third-order valence-electron chi connectivity index (χ3n) is 6.92. The predicted octanol–water partition coefficient (Wildman–Crippen LogP) is 3.99. The molecule has 2 aromatic carbocycles. The minimum absolute atomic E-state index is 0.133. The average molecular weight is 469 g/mol. The number of hydrogen-bond donors (Lipinski definition) is 0. The molecule has 1 aromatic heterocycles. The number of hydrogen-bond acceptors (Lipinski definition) is 7. The van der Waals surface area contributed by atoms with E-state index in [2.05, 4.69) is 51.2 Å². The molecular weight excluding hydrogens is 440 g/mol. The van der Waals surface area contributed by atoms with Gasteiger partial charge >= 0.3 is 0 Å². The first kappa shape index (κ1) is 21.8. The van der Waals surface area contributed by atoms with Gasteiger partial charge in [-0.05, 0) is 35.6 Å². The Hall–Kier alpha value is -3.71. The Morgan fingerprint density at radius 1 is 0.971 bits per heavy atom. The van der Waals surface area contributed by atoms with Crippen molar-refractivity contribution in [2.24, 2.45) is 5.92 Å². The third kappa shape index (κ3) is 4.77. The Morgan fingerprint density at radius 3 is 2.66 bits per heavy atom. The first-order valence-corrected chi connectivity index (χ1v) is 12.2. The third-order valence-corrected chi connectivity index (χ3v) is 6.92. The van der Waals surface area contributed by atoms with Crippen LogP contribution < -0.4 is 14.4 Å². The van der Waals surface area contributed by atoms with E-state index < -0.39 is 0 Å². The van der Waals surface area contributed by atoms with Gasteiger partial charge in [0.25, 0.3) is 0 Å². The van der Waals surface area contributed by atoms with Crippen molar-refractivity contribution >= 4 is 17.8 Å². The van der Waals surface area contributed by atoms with Crippen molar-refractivity contribution in [2.75, 3.05) is 37.9 Å². The first-order valence-electron chi connectivity index (χ1n) is 12.2. The molecule has 0 spiro atoms. The molecule has 0 N–H and O–H groups in total. The van der Waals surface area contributed by atoms with E-state index in [4.69, 9.17) is 14.5 Å². The topological polar surface area (TPSA) is 67.8 Å². The number of carbonyl (C=O) groups excluding carboxylic acids is 1. The van der Waals surface area contributed by atoms with Crippen LogP contribution in [0.25, 0.3) is 6.08 Å². The zero-order valence-electron chi connectivity index (χ0n) is 19.6.